The average molecular weight is 467 g/mol. The van der Waals surface area contributed by atoms with Crippen molar-refractivity contribution in [1.82, 2.24) is 15.3 Å². The maximum Gasteiger partial charge on any atom is 0.324 e. The zero-order chi connectivity index (χ0) is 24.9. The number of hydrogen-bond acceptors (Lipinski definition) is 7. The lowest BCUT2D eigenvalue weighted by Crippen LogP contribution is -2.37. The summed E-state index contributed by atoms with van der Waals surface area (Å²) in [6, 6.07) is 20.1. The predicted octanol–water partition coefficient (Wildman–Crippen LogP) is 2.85. The number of rotatable bonds is 9. The van der Waals surface area contributed by atoms with Gasteiger partial charge >= 0.3 is 6.01 Å². The smallest absolute Gasteiger partial charge is 0.324 e. The monoisotopic (exact) mass is 466 g/mol. The highest BCUT2D eigenvalue weighted by molar-refractivity contribution is 5.82. The summed E-state index contributed by atoms with van der Waals surface area (Å²) in [5, 5.41) is 2.84. The Hall–Kier alpha value is -4.14. The van der Waals surface area contributed by atoms with E-state index >= 15 is 0 Å². The quantitative estimate of drug-likeness (QED) is 0.497. The first kappa shape index (κ1) is 26.1. The SMILES string of the molecule is COc1cc(OC)nc(OC(C(=O)NC(C)C)c2ccccc2)n1.NC(=O)Cc1ccccc1. The summed E-state index contributed by atoms with van der Waals surface area (Å²) in [6.45, 7) is 3.76. The van der Waals surface area contributed by atoms with E-state index in [2.05, 4.69) is 15.3 Å². The van der Waals surface area contributed by atoms with Crippen molar-refractivity contribution in [2.45, 2.75) is 32.4 Å². The van der Waals surface area contributed by atoms with E-state index in [1.807, 2.05) is 74.5 Å². The molecule has 1 unspecified atom stereocenters. The normalized spacial score (nSPS) is 11.0. The third-order valence-electron chi connectivity index (χ3n) is 4.29. The number of amides is 2. The van der Waals surface area contributed by atoms with Crippen LogP contribution in [0.1, 0.15) is 31.1 Å². The molecule has 3 rings (SSSR count). The molecule has 9 nitrogen and oxygen atoms in total. The summed E-state index contributed by atoms with van der Waals surface area (Å²) in [7, 11) is 2.96. The van der Waals surface area contributed by atoms with Gasteiger partial charge in [0, 0.05) is 11.6 Å². The first-order chi connectivity index (χ1) is 16.3. The lowest BCUT2D eigenvalue weighted by Gasteiger charge is -2.19. The molecule has 0 radical (unpaired) electrons. The van der Waals surface area contributed by atoms with Gasteiger partial charge in [-0.15, -0.1) is 0 Å². The van der Waals surface area contributed by atoms with Crippen LogP contribution in [-0.4, -0.2) is 42.0 Å². The highest BCUT2D eigenvalue weighted by Gasteiger charge is 2.25. The van der Waals surface area contributed by atoms with Crippen molar-refractivity contribution in [3.05, 3.63) is 77.9 Å². The molecule has 3 N–H and O–H groups in total. The minimum absolute atomic E-state index is 0.000964. The van der Waals surface area contributed by atoms with Gasteiger partial charge in [-0.25, -0.2) is 0 Å². The van der Waals surface area contributed by atoms with Crippen LogP contribution < -0.4 is 25.3 Å². The summed E-state index contributed by atoms with van der Waals surface area (Å²) < 4.78 is 15.9. The van der Waals surface area contributed by atoms with Crippen LogP contribution in [0.5, 0.6) is 17.8 Å². The molecule has 2 amide bonds. The summed E-state index contributed by atoms with van der Waals surface area (Å²) in [5.74, 6) is 0.00801. The number of aromatic nitrogens is 2. The van der Waals surface area contributed by atoms with Crippen molar-refractivity contribution >= 4 is 11.8 Å². The predicted molar refractivity (Wildman–Crippen MR) is 128 cm³/mol. The molecule has 0 aliphatic heterocycles. The summed E-state index contributed by atoms with van der Waals surface area (Å²) >= 11 is 0. The number of nitrogens with two attached hydrogens (primary N) is 1. The highest BCUT2D eigenvalue weighted by atomic mass is 16.5. The van der Waals surface area contributed by atoms with E-state index in [-0.39, 0.29) is 35.6 Å². The van der Waals surface area contributed by atoms with E-state index < -0.39 is 6.10 Å². The molecule has 180 valence electrons. The topological polar surface area (TPSA) is 126 Å². The summed E-state index contributed by atoms with van der Waals surface area (Å²) in [4.78, 5) is 31.1. The van der Waals surface area contributed by atoms with Gasteiger partial charge in [0.1, 0.15) is 0 Å². The lowest BCUT2D eigenvalue weighted by molar-refractivity contribution is -0.129. The van der Waals surface area contributed by atoms with Gasteiger partial charge in [-0.1, -0.05) is 60.7 Å². The van der Waals surface area contributed by atoms with Crippen molar-refractivity contribution in [3.63, 3.8) is 0 Å². The molecule has 0 aliphatic carbocycles. The van der Waals surface area contributed by atoms with Crippen LogP contribution in [-0.2, 0) is 16.0 Å². The summed E-state index contributed by atoms with van der Waals surface area (Å²) in [6.07, 6.45) is -0.550. The Morgan fingerprint density at radius 1 is 0.912 bits per heavy atom. The van der Waals surface area contributed by atoms with Crippen LogP contribution >= 0.6 is 0 Å². The fourth-order valence-electron chi connectivity index (χ4n) is 2.81. The molecule has 1 aromatic heterocycles. The van der Waals surface area contributed by atoms with E-state index in [0.717, 1.165) is 5.56 Å². The van der Waals surface area contributed by atoms with E-state index in [4.69, 9.17) is 19.9 Å². The molecule has 34 heavy (non-hydrogen) atoms. The van der Waals surface area contributed by atoms with Gasteiger partial charge in [-0.2, -0.15) is 9.97 Å². The number of primary amides is 1. The van der Waals surface area contributed by atoms with Crippen molar-refractivity contribution in [2.24, 2.45) is 5.73 Å². The minimum atomic E-state index is -0.884. The number of nitrogens with zero attached hydrogens (tertiary/aromatic N) is 2. The van der Waals surface area contributed by atoms with E-state index in [0.29, 0.717) is 12.0 Å². The average Bonchev–Trinajstić information content (AvgIpc) is 2.83. The van der Waals surface area contributed by atoms with Crippen molar-refractivity contribution in [3.8, 4) is 17.8 Å². The maximum absolute atomic E-state index is 12.5. The molecule has 0 fully saturated rings. The molecule has 0 bridgehead atoms. The number of hydrogen-bond donors (Lipinski definition) is 2. The number of methoxy groups -OCH3 is 2. The number of ether oxygens (including phenoxy) is 3. The molecule has 0 spiro atoms. The Balaban J connectivity index is 0.000000340. The number of benzene rings is 2. The molecule has 1 atom stereocenters. The van der Waals surface area contributed by atoms with Crippen LogP contribution in [0.3, 0.4) is 0 Å². The Morgan fingerprint density at radius 2 is 1.44 bits per heavy atom. The molecule has 0 saturated carbocycles. The van der Waals surface area contributed by atoms with Crippen molar-refractivity contribution < 1.29 is 23.8 Å². The molecule has 0 aliphatic rings. The van der Waals surface area contributed by atoms with Crippen LogP contribution in [0.2, 0.25) is 0 Å². The van der Waals surface area contributed by atoms with Crippen LogP contribution in [0.4, 0.5) is 0 Å². The Labute approximate surface area is 199 Å². The lowest BCUT2D eigenvalue weighted by atomic mass is 10.1. The number of carbonyl (C=O) groups excluding carboxylic acids is 2. The Bertz CT molecular complexity index is 1020. The van der Waals surface area contributed by atoms with Gasteiger partial charge < -0.3 is 25.3 Å². The largest absolute Gasteiger partial charge is 0.481 e. The molecule has 2 aromatic carbocycles. The second kappa shape index (κ2) is 13.4. The molecule has 3 aromatic rings. The Kier molecular flexibility index (Phi) is 10.3. The van der Waals surface area contributed by atoms with Gasteiger partial charge in [0.15, 0.2) is 0 Å². The van der Waals surface area contributed by atoms with Gasteiger partial charge in [0.05, 0.1) is 26.7 Å². The highest BCUT2D eigenvalue weighted by Crippen LogP contribution is 2.24. The van der Waals surface area contributed by atoms with Crippen molar-refractivity contribution in [2.75, 3.05) is 14.2 Å². The van der Waals surface area contributed by atoms with E-state index in [1.54, 1.807) is 0 Å². The first-order valence-electron chi connectivity index (χ1n) is 10.6. The number of nitrogens with one attached hydrogen (secondary N) is 1. The fraction of sp³-hybridized carbons (Fsp3) is 0.280. The maximum atomic E-state index is 12.5. The second-order valence-corrected chi connectivity index (χ2v) is 7.44. The number of carbonyl (C=O) groups is 2. The van der Waals surface area contributed by atoms with Crippen molar-refractivity contribution in [1.29, 1.82) is 0 Å². The van der Waals surface area contributed by atoms with Crippen LogP contribution in [0, 0.1) is 0 Å². The molecule has 0 saturated heterocycles. The molecule has 1 heterocycles. The first-order valence-corrected chi connectivity index (χ1v) is 10.6. The van der Waals surface area contributed by atoms with Gasteiger partial charge in [0.25, 0.3) is 5.91 Å². The fourth-order valence-corrected chi connectivity index (χ4v) is 2.81. The van der Waals surface area contributed by atoms with Gasteiger partial charge in [-0.05, 0) is 19.4 Å². The summed E-state index contributed by atoms with van der Waals surface area (Å²) in [5.41, 5.74) is 6.65. The van der Waals surface area contributed by atoms with Gasteiger partial charge in [-0.3, -0.25) is 9.59 Å². The molecular weight excluding hydrogens is 436 g/mol. The molecule has 9 heteroatoms. The third-order valence-corrected chi connectivity index (χ3v) is 4.29. The van der Waals surface area contributed by atoms with E-state index in [9.17, 15) is 9.59 Å². The standard InChI is InChI=1S/C17H21N3O4.C8H9NO/c1-11(2)18-16(21)15(12-8-6-5-7-9-12)24-17-19-13(22-3)10-14(20-17)23-4;9-8(10)6-7-4-2-1-3-5-7/h5-11,15H,1-4H3,(H,18,21);1-5H,6H2,(H2,9,10). The minimum Gasteiger partial charge on any atom is -0.481 e. The zero-order valence-corrected chi connectivity index (χ0v) is 19.7. The van der Waals surface area contributed by atoms with Crippen LogP contribution in [0.25, 0.3) is 0 Å². The van der Waals surface area contributed by atoms with Gasteiger partial charge in [0.2, 0.25) is 23.8 Å². The van der Waals surface area contributed by atoms with Crippen LogP contribution in [0.15, 0.2) is 66.7 Å². The second-order valence-electron chi connectivity index (χ2n) is 7.44. The third kappa shape index (κ3) is 8.78. The zero-order valence-electron chi connectivity index (χ0n) is 19.7. The van der Waals surface area contributed by atoms with E-state index in [1.165, 1.54) is 20.3 Å². The Morgan fingerprint density at radius 3 is 1.91 bits per heavy atom. The molecular formula is C25H30N4O5.